The van der Waals surface area contributed by atoms with Gasteiger partial charge in [0.25, 0.3) is 0 Å². The van der Waals surface area contributed by atoms with Crippen molar-refractivity contribution in [2.75, 3.05) is 6.54 Å². The van der Waals surface area contributed by atoms with Crippen LogP contribution in [0.15, 0.2) is 53.6 Å². The highest BCUT2D eigenvalue weighted by Gasteiger charge is 2.42. The molecule has 2 heteroatoms. The lowest BCUT2D eigenvalue weighted by atomic mass is 9.65. The molecule has 2 aliphatic rings. The van der Waals surface area contributed by atoms with E-state index >= 15 is 0 Å². The Kier molecular flexibility index (Phi) is 4.98. The third-order valence-corrected chi connectivity index (χ3v) is 5.94. The first-order valence-corrected chi connectivity index (χ1v) is 9.38. The first kappa shape index (κ1) is 17.4. The summed E-state index contributed by atoms with van der Waals surface area (Å²) in [5.74, 6) is 0.576. The van der Waals surface area contributed by atoms with E-state index in [-0.39, 0.29) is 6.04 Å². The summed E-state index contributed by atoms with van der Waals surface area (Å²) in [6.07, 6.45) is 7.35. The van der Waals surface area contributed by atoms with Gasteiger partial charge in [0.15, 0.2) is 0 Å². The molecule has 1 fully saturated rings. The Morgan fingerprint density at radius 1 is 1.21 bits per heavy atom. The van der Waals surface area contributed by atoms with Crippen molar-refractivity contribution in [3.63, 3.8) is 0 Å². The van der Waals surface area contributed by atoms with Gasteiger partial charge in [-0.2, -0.15) is 0 Å². The second-order valence-corrected chi connectivity index (χ2v) is 8.17. The Balaban J connectivity index is 1.93. The third-order valence-electron chi connectivity index (χ3n) is 5.94. The number of piperidine rings is 1. The van der Waals surface area contributed by atoms with E-state index in [1.165, 1.54) is 23.1 Å². The lowest BCUT2D eigenvalue weighted by Crippen LogP contribution is -2.52. The molecule has 1 aromatic rings. The van der Waals surface area contributed by atoms with Gasteiger partial charge >= 0.3 is 0 Å². The lowest BCUT2D eigenvalue weighted by molar-refractivity contribution is 0.0416. The number of nitrogens with zero attached hydrogens (tertiary/aromatic N) is 1. The van der Waals surface area contributed by atoms with Gasteiger partial charge in [-0.05, 0) is 48.4 Å². The average Bonchev–Trinajstić information content (AvgIpc) is 2.57. The van der Waals surface area contributed by atoms with Crippen LogP contribution in [-0.4, -0.2) is 23.5 Å². The topological polar surface area (TPSA) is 29.3 Å². The molecule has 3 atom stereocenters. The summed E-state index contributed by atoms with van der Waals surface area (Å²) < 4.78 is 0. The Hall–Kier alpha value is -1.38. The van der Waals surface area contributed by atoms with Crippen LogP contribution in [0.2, 0.25) is 0 Å². The maximum atomic E-state index is 6.29. The van der Waals surface area contributed by atoms with Gasteiger partial charge in [-0.1, -0.05) is 63.3 Å². The highest BCUT2D eigenvalue weighted by atomic mass is 15.2. The molecule has 0 aromatic heterocycles. The summed E-state index contributed by atoms with van der Waals surface area (Å²) >= 11 is 0. The number of nitrogens with two attached hydrogens (primary N) is 1. The first-order chi connectivity index (χ1) is 11.4. The van der Waals surface area contributed by atoms with Crippen LogP contribution in [0.5, 0.6) is 0 Å². The van der Waals surface area contributed by atoms with Crippen LogP contribution in [-0.2, 0) is 6.54 Å². The molecule has 130 valence electrons. The van der Waals surface area contributed by atoms with E-state index in [1.807, 2.05) is 0 Å². The van der Waals surface area contributed by atoms with E-state index < -0.39 is 0 Å². The largest absolute Gasteiger partial charge is 0.324 e. The summed E-state index contributed by atoms with van der Waals surface area (Å²) in [6.45, 7) is 11.4. The molecule has 1 aliphatic carbocycles. The van der Waals surface area contributed by atoms with Crippen LogP contribution in [0.25, 0.3) is 0 Å². The number of rotatable bonds is 4. The lowest BCUT2D eigenvalue weighted by Gasteiger charge is -2.50. The minimum absolute atomic E-state index is 0.112. The van der Waals surface area contributed by atoms with E-state index in [9.17, 15) is 0 Å². The Morgan fingerprint density at radius 3 is 2.54 bits per heavy atom. The highest BCUT2D eigenvalue weighted by Crippen LogP contribution is 2.45. The predicted octanol–water partition coefficient (Wildman–Crippen LogP) is 4.53. The number of likely N-dealkylation sites (tertiary alicyclic amines) is 1. The van der Waals surface area contributed by atoms with Gasteiger partial charge < -0.3 is 5.73 Å². The van der Waals surface area contributed by atoms with E-state index in [4.69, 9.17) is 5.73 Å². The van der Waals surface area contributed by atoms with Crippen LogP contribution in [0, 0.1) is 11.3 Å². The van der Waals surface area contributed by atoms with Crippen molar-refractivity contribution in [2.45, 2.75) is 59.2 Å². The summed E-state index contributed by atoms with van der Waals surface area (Å²) in [6, 6.07) is 11.4. The van der Waals surface area contributed by atoms with Crippen molar-refractivity contribution in [1.82, 2.24) is 4.90 Å². The molecule has 2 N–H and O–H groups in total. The van der Waals surface area contributed by atoms with Crippen molar-refractivity contribution in [1.29, 1.82) is 0 Å². The molecule has 3 unspecified atom stereocenters. The summed E-state index contributed by atoms with van der Waals surface area (Å²) in [5.41, 5.74) is 10.9. The van der Waals surface area contributed by atoms with Crippen molar-refractivity contribution in [3.05, 3.63) is 59.2 Å². The minimum Gasteiger partial charge on any atom is -0.324 e. The summed E-state index contributed by atoms with van der Waals surface area (Å²) in [5, 5.41) is 0. The normalized spacial score (nSPS) is 27.9. The fourth-order valence-electron chi connectivity index (χ4n) is 4.34. The molecule has 0 amide bonds. The van der Waals surface area contributed by atoms with Crippen LogP contribution in [0.4, 0.5) is 0 Å². The molecule has 1 saturated heterocycles. The van der Waals surface area contributed by atoms with Crippen molar-refractivity contribution >= 4 is 0 Å². The van der Waals surface area contributed by atoms with E-state index in [1.54, 1.807) is 0 Å². The van der Waals surface area contributed by atoms with Crippen LogP contribution >= 0.6 is 0 Å². The molecule has 3 rings (SSSR count). The number of hydrogen-bond donors (Lipinski definition) is 1. The second kappa shape index (κ2) is 6.85. The fourth-order valence-corrected chi connectivity index (χ4v) is 4.34. The van der Waals surface area contributed by atoms with Crippen LogP contribution in [0.3, 0.4) is 0 Å². The first-order valence-electron chi connectivity index (χ1n) is 9.38. The maximum Gasteiger partial charge on any atom is 0.0356 e. The van der Waals surface area contributed by atoms with Gasteiger partial charge in [-0.25, -0.2) is 0 Å². The Bertz CT molecular complexity index is 625. The third kappa shape index (κ3) is 3.36. The zero-order valence-corrected chi connectivity index (χ0v) is 15.6. The van der Waals surface area contributed by atoms with E-state index in [0.29, 0.717) is 17.4 Å². The average molecular weight is 325 g/mol. The molecule has 24 heavy (non-hydrogen) atoms. The molecule has 1 heterocycles. The molecule has 2 nitrogen and oxygen atoms in total. The zero-order valence-electron chi connectivity index (χ0n) is 15.6. The number of hydrogen-bond acceptors (Lipinski definition) is 2. The van der Waals surface area contributed by atoms with Gasteiger partial charge in [-0.3, -0.25) is 4.90 Å². The van der Waals surface area contributed by atoms with Gasteiger partial charge in [0.05, 0.1) is 0 Å². The Labute approximate surface area is 147 Å². The molecule has 0 saturated carbocycles. The number of benzene rings is 1. The molecule has 0 bridgehead atoms. The quantitative estimate of drug-likeness (QED) is 0.882. The van der Waals surface area contributed by atoms with Crippen molar-refractivity contribution in [3.8, 4) is 0 Å². The highest BCUT2D eigenvalue weighted by molar-refractivity contribution is 5.41. The Morgan fingerprint density at radius 2 is 1.92 bits per heavy atom. The summed E-state index contributed by atoms with van der Waals surface area (Å²) in [7, 11) is 0. The smallest absolute Gasteiger partial charge is 0.0356 e. The molecular formula is C22H32N2. The van der Waals surface area contributed by atoms with Crippen LogP contribution < -0.4 is 5.73 Å². The zero-order chi connectivity index (χ0) is 17.3. The van der Waals surface area contributed by atoms with Gasteiger partial charge in [0.2, 0.25) is 0 Å². The summed E-state index contributed by atoms with van der Waals surface area (Å²) in [4.78, 5) is 2.65. The fraction of sp³-hybridized carbons (Fsp3) is 0.545. The van der Waals surface area contributed by atoms with Crippen LogP contribution in [0.1, 0.15) is 46.1 Å². The molecular weight excluding hydrogens is 292 g/mol. The SMILES string of the molecule is CCC1=CC2C(C=C1C(C)N)N(Cc1ccccc1)CCC2(C)C. The van der Waals surface area contributed by atoms with Gasteiger partial charge in [-0.15, -0.1) is 0 Å². The van der Waals surface area contributed by atoms with E-state index in [0.717, 1.165) is 19.5 Å². The van der Waals surface area contributed by atoms with Gasteiger partial charge in [0, 0.05) is 24.5 Å². The monoisotopic (exact) mass is 324 g/mol. The van der Waals surface area contributed by atoms with E-state index in [2.05, 4.69) is 75.1 Å². The second-order valence-electron chi connectivity index (χ2n) is 8.17. The van der Waals surface area contributed by atoms with Crippen molar-refractivity contribution in [2.24, 2.45) is 17.1 Å². The molecule has 1 aromatic carbocycles. The standard InChI is InChI=1S/C22H32N2/c1-5-18-13-20-21(14-19(18)16(2)23)24(12-11-22(20,3)4)15-17-9-7-6-8-10-17/h6-10,13-14,16,20-21H,5,11-12,15,23H2,1-4H3. The molecule has 0 radical (unpaired) electrons. The molecule has 0 spiro atoms. The van der Waals surface area contributed by atoms with Crippen molar-refractivity contribution < 1.29 is 0 Å². The predicted molar refractivity (Wildman–Crippen MR) is 103 cm³/mol. The number of fused-ring (bicyclic) bond motifs is 1. The maximum absolute atomic E-state index is 6.29. The van der Waals surface area contributed by atoms with Gasteiger partial charge in [0.1, 0.15) is 0 Å². The molecule has 1 aliphatic heterocycles. The minimum atomic E-state index is 0.112.